The van der Waals surface area contributed by atoms with E-state index in [1.165, 1.54) is 0 Å². The van der Waals surface area contributed by atoms with Crippen molar-refractivity contribution in [3.8, 4) is 0 Å². The van der Waals surface area contributed by atoms with Gasteiger partial charge in [0.2, 0.25) is 0 Å². The maximum atomic E-state index is 14.5. The third-order valence-corrected chi connectivity index (χ3v) is 5.55. The predicted octanol–water partition coefficient (Wildman–Crippen LogP) is 6.26. The number of benzene rings is 1. The summed E-state index contributed by atoms with van der Waals surface area (Å²) in [6.45, 7) is 6.61. The SMILES string of the molecule is CCCCNc1c(F)c(C)c(F)c(F)c1COC(=O)[C@H]1[C@H](C=C(Cl)Cl)C1(C)C. The van der Waals surface area contributed by atoms with Gasteiger partial charge in [-0.2, -0.15) is 0 Å². The molecule has 0 spiro atoms. The third kappa shape index (κ3) is 4.60. The fraction of sp³-hybridized carbons (Fsp3) is 0.550. The quantitative estimate of drug-likeness (QED) is 0.296. The van der Waals surface area contributed by atoms with Crippen LogP contribution in [0.3, 0.4) is 0 Å². The van der Waals surface area contributed by atoms with Crippen molar-refractivity contribution >= 4 is 34.9 Å². The highest BCUT2D eigenvalue weighted by atomic mass is 35.5. The molecule has 1 fully saturated rings. The molecule has 1 aliphatic carbocycles. The first kappa shape index (κ1) is 22.9. The number of anilines is 1. The molecule has 156 valence electrons. The Hall–Kier alpha value is -1.40. The Morgan fingerprint density at radius 3 is 2.43 bits per heavy atom. The zero-order valence-electron chi connectivity index (χ0n) is 16.3. The Labute approximate surface area is 173 Å². The number of unbranched alkanes of at least 4 members (excludes halogenated alkanes) is 1. The molecule has 0 aliphatic heterocycles. The van der Waals surface area contributed by atoms with Gasteiger partial charge in [0, 0.05) is 12.1 Å². The van der Waals surface area contributed by atoms with E-state index in [1.807, 2.05) is 20.8 Å². The number of allylic oxidation sites excluding steroid dienone is 1. The lowest BCUT2D eigenvalue weighted by molar-refractivity contribution is -0.147. The van der Waals surface area contributed by atoms with E-state index in [9.17, 15) is 18.0 Å². The number of ether oxygens (including phenoxy) is 1. The molecule has 1 aliphatic rings. The maximum Gasteiger partial charge on any atom is 0.310 e. The molecule has 0 radical (unpaired) electrons. The van der Waals surface area contributed by atoms with Gasteiger partial charge in [-0.3, -0.25) is 4.79 Å². The summed E-state index contributed by atoms with van der Waals surface area (Å²) in [5.74, 6) is -4.72. The summed E-state index contributed by atoms with van der Waals surface area (Å²) in [7, 11) is 0. The number of rotatable bonds is 8. The summed E-state index contributed by atoms with van der Waals surface area (Å²) in [4.78, 5) is 12.4. The molecule has 0 unspecified atom stereocenters. The average Bonchev–Trinajstić information content (AvgIpc) is 3.16. The molecule has 0 aromatic heterocycles. The molecular weight excluding hydrogens is 414 g/mol. The Morgan fingerprint density at radius 1 is 1.21 bits per heavy atom. The van der Waals surface area contributed by atoms with Gasteiger partial charge in [-0.15, -0.1) is 0 Å². The molecule has 28 heavy (non-hydrogen) atoms. The number of esters is 1. The Kier molecular flexibility index (Phi) is 7.32. The van der Waals surface area contributed by atoms with Crippen LogP contribution in [0.1, 0.15) is 44.7 Å². The van der Waals surface area contributed by atoms with Crippen LogP contribution in [-0.2, 0) is 16.1 Å². The van der Waals surface area contributed by atoms with Crippen LogP contribution in [-0.4, -0.2) is 12.5 Å². The monoisotopic (exact) mass is 437 g/mol. The molecule has 0 heterocycles. The van der Waals surface area contributed by atoms with Gasteiger partial charge in [-0.1, -0.05) is 50.4 Å². The Balaban J connectivity index is 2.21. The van der Waals surface area contributed by atoms with Crippen LogP contribution in [0.2, 0.25) is 0 Å². The molecule has 2 rings (SSSR count). The molecule has 1 N–H and O–H groups in total. The lowest BCUT2D eigenvalue weighted by Crippen LogP contribution is -2.16. The lowest BCUT2D eigenvalue weighted by Gasteiger charge is -2.17. The van der Waals surface area contributed by atoms with Crippen LogP contribution < -0.4 is 5.32 Å². The van der Waals surface area contributed by atoms with Crippen molar-refractivity contribution < 1.29 is 22.7 Å². The van der Waals surface area contributed by atoms with Gasteiger partial charge in [0.15, 0.2) is 17.5 Å². The van der Waals surface area contributed by atoms with E-state index in [4.69, 9.17) is 27.9 Å². The van der Waals surface area contributed by atoms with Crippen LogP contribution in [0, 0.1) is 41.6 Å². The van der Waals surface area contributed by atoms with Crippen LogP contribution >= 0.6 is 23.2 Å². The van der Waals surface area contributed by atoms with Gasteiger partial charge in [-0.05, 0) is 30.8 Å². The highest BCUT2D eigenvalue weighted by Gasteiger charge is 2.61. The summed E-state index contributed by atoms with van der Waals surface area (Å²) in [5.41, 5.74) is -1.35. The number of carbonyl (C=O) groups is 1. The first-order chi connectivity index (χ1) is 13.0. The summed E-state index contributed by atoms with van der Waals surface area (Å²) in [6.07, 6.45) is 3.12. The van der Waals surface area contributed by atoms with Gasteiger partial charge in [0.05, 0.1) is 17.2 Å². The summed E-state index contributed by atoms with van der Waals surface area (Å²) >= 11 is 11.3. The smallest absolute Gasteiger partial charge is 0.310 e. The van der Waals surface area contributed by atoms with Crippen LogP contribution in [0.25, 0.3) is 0 Å². The van der Waals surface area contributed by atoms with Crippen LogP contribution in [0.4, 0.5) is 18.9 Å². The molecule has 2 atom stereocenters. The summed E-state index contributed by atoms with van der Waals surface area (Å²) < 4.78 is 48.2. The minimum absolute atomic E-state index is 0.0458. The lowest BCUT2D eigenvalue weighted by atomic mass is 10.1. The topological polar surface area (TPSA) is 38.3 Å². The molecule has 0 bridgehead atoms. The zero-order valence-corrected chi connectivity index (χ0v) is 17.8. The Bertz CT molecular complexity index is 792. The van der Waals surface area contributed by atoms with E-state index < -0.39 is 46.9 Å². The highest BCUT2D eigenvalue weighted by molar-refractivity contribution is 6.55. The van der Waals surface area contributed by atoms with Crippen molar-refractivity contribution in [3.05, 3.63) is 39.1 Å². The highest BCUT2D eigenvalue weighted by Crippen LogP contribution is 2.60. The largest absolute Gasteiger partial charge is 0.460 e. The Morgan fingerprint density at radius 2 is 1.86 bits per heavy atom. The van der Waals surface area contributed by atoms with Crippen molar-refractivity contribution in [2.75, 3.05) is 11.9 Å². The minimum atomic E-state index is -1.29. The van der Waals surface area contributed by atoms with E-state index in [-0.39, 0.29) is 21.7 Å². The van der Waals surface area contributed by atoms with Gasteiger partial charge in [-0.25, -0.2) is 13.2 Å². The maximum absolute atomic E-state index is 14.5. The molecule has 1 aromatic rings. The molecule has 1 saturated carbocycles. The second-order valence-corrected chi connectivity index (χ2v) is 8.60. The molecule has 8 heteroatoms. The average molecular weight is 438 g/mol. The summed E-state index contributed by atoms with van der Waals surface area (Å²) in [6, 6.07) is 0. The van der Waals surface area contributed by atoms with Crippen molar-refractivity contribution in [1.82, 2.24) is 0 Å². The predicted molar refractivity (Wildman–Crippen MR) is 105 cm³/mol. The van der Waals surface area contributed by atoms with Crippen LogP contribution in [0.5, 0.6) is 0 Å². The van der Waals surface area contributed by atoms with E-state index in [2.05, 4.69) is 5.32 Å². The fourth-order valence-corrected chi connectivity index (χ4v) is 3.61. The van der Waals surface area contributed by atoms with Crippen molar-refractivity contribution in [2.45, 2.75) is 47.1 Å². The number of halogens is 5. The normalized spacial score (nSPS) is 19.9. The minimum Gasteiger partial charge on any atom is -0.460 e. The standard InChI is InChI=1S/C20H24Cl2F3NO2/c1-5-6-7-26-18-11(17(25)15(23)10(2)16(18)24)9-28-19(27)14-12(8-13(21)22)20(14,3)4/h8,12,14,26H,5-7,9H2,1-4H3/t12-,14+/m0/s1. The van der Waals surface area contributed by atoms with E-state index >= 15 is 0 Å². The zero-order chi connectivity index (χ0) is 21.2. The molecular formula is C20H24Cl2F3NO2. The van der Waals surface area contributed by atoms with Crippen LogP contribution in [0.15, 0.2) is 10.6 Å². The third-order valence-electron chi connectivity index (χ3n) is 5.30. The molecule has 0 amide bonds. The second-order valence-electron chi connectivity index (χ2n) is 7.59. The number of hydrogen-bond acceptors (Lipinski definition) is 3. The van der Waals surface area contributed by atoms with Gasteiger partial charge >= 0.3 is 5.97 Å². The molecule has 0 saturated heterocycles. The number of carbonyl (C=O) groups excluding carboxylic acids is 1. The number of hydrogen-bond donors (Lipinski definition) is 1. The van der Waals surface area contributed by atoms with Gasteiger partial charge < -0.3 is 10.1 Å². The van der Waals surface area contributed by atoms with Crippen molar-refractivity contribution in [1.29, 1.82) is 0 Å². The van der Waals surface area contributed by atoms with E-state index in [0.717, 1.165) is 19.8 Å². The first-order valence-electron chi connectivity index (χ1n) is 9.13. The fourth-order valence-electron chi connectivity index (χ4n) is 3.34. The number of nitrogens with one attached hydrogen (secondary N) is 1. The van der Waals surface area contributed by atoms with E-state index in [0.29, 0.717) is 6.54 Å². The van der Waals surface area contributed by atoms with Gasteiger partial charge in [0.1, 0.15) is 11.1 Å². The molecule has 3 nitrogen and oxygen atoms in total. The molecule has 1 aromatic carbocycles. The summed E-state index contributed by atoms with van der Waals surface area (Å²) in [5, 5.41) is 2.79. The first-order valence-corrected chi connectivity index (χ1v) is 9.88. The van der Waals surface area contributed by atoms with Gasteiger partial charge in [0.25, 0.3) is 0 Å². The van der Waals surface area contributed by atoms with Crippen molar-refractivity contribution in [3.63, 3.8) is 0 Å². The van der Waals surface area contributed by atoms with E-state index in [1.54, 1.807) is 6.08 Å². The van der Waals surface area contributed by atoms with Crippen molar-refractivity contribution in [2.24, 2.45) is 17.3 Å². The second kappa shape index (κ2) is 8.95.